The standard InChI is InChI=1S/C25H20N4O4/c30-24(27-28-25(31)23-16-32-21-11-4-5-12-22(21)33-23)18-9-6-10-19(15-18)29-20(13-14-26-29)17-7-2-1-3-8-17/h1-15,23H,16H2,(H,27,30)(H,28,31). The van der Waals surface area contributed by atoms with E-state index in [1.54, 1.807) is 47.3 Å². The number of carbonyl (C=O) groups excluding carboxylic acids is 2. The summed E-state index contributed by atoms with van der Waals surface area (Å²) < 4.78 is 13.0. The zero-order valence-electron chi connectivity index (χ0n) is 17.5. The molecule has 4 aromatic rings. The second-order valence-corrected chi connectivity index (χ2v) is 7.35. The van der Waals surface area contributed by atoms with Crippen molar-refractivity contribution in [1.82, 2.24) is 20.6 Å². The first-order valence-electron chi connectivity index (χ1n) is 10.4. The van der Waals surface area contributed by atoms with E-state index in [0.717, 1.165) is 16.9 Å². The maximum Gasteiger partial charge on any atom is 0.283 e. The number of hydrogen-bond donors (Lipinski definition) is 2. The summed E-state index contributed by atoms with van der Waals surface area (Å²) in [6.07, 6.45) is 0.837. The molecular formula is C25H20N4O4. The Bertz CT molecular complexity index is 1300. The van der Waals surface area contributed by atoms with E-state index in [4.69, 9.17) is 9.47 Å². The molecule has 1 aliphatic rings. The Morgan fingerprint density at radius 2 is 1.67 bits per heavy atom. The summed E-state index contributed by atoms with van der Waals surface area (Å²) in [6.45, 7) is 0.0514. The van der Waals surface area contributed by atoms with Gasteiger partial charge in [-0.1, -0.05) is 48.5 Å². The lowest BCUT2D eigenvalue weighted by molar-refractivity contribution is -0.131. The van der Waals surface area contributed by atoms with Crippen molar-refractivity contribution in [3.05, 3.63) is 96.7 Å². The topological polar surface area (TPSA) is 94.5 Å². The Morgan fingerprint density at radius 1 is 0.879 bits per heavy atom. The molecule has 1 aromatic heterocycles. The molecule has 1 aliphatic heterocycles. The largest absolute Gasteiger partial charge is 0.485 e. The molecular weight excluding hydrogens is 420 g/mol. The van der Waals surface area contributed by atoms with Crippen LogP contribution in [0.4, 0.5) is 0 Å². The summed E-state index contributed by atoms with van der Waals surface area (Å²) >= 11 is 0. The maximum absolute atomic E-state index is 12.7. The SMILES string of the molecule is O=C(NNC(=O)C1COc2ccccc2O1)c1cccc(-n2nccc2-c2ccccc2)c1. The van der Waals surface area contributed by atoms with E-state index in [2.05, 4.69) is 16.0 Å². The highest BCUT2D eigenvalue weighted by Gasteiger charge is 2.27. The van der Waals surface area contributed by atoms with Gasteiger partial charge in [0.1, 0.15) is 6.61 Å². The second kappa shape index (κ2) is 8.88. The summed E-state index contributed by atoms with van der Waals surface area (Å²) in [7, 11) is 0. The lowest BCUT2D eigenvalue weighted by Gasteiger charge is -2.25. The Morgan fingerprint density at radius 3 is 2.52 bits per heavy atom. The van der Waals surface area contributed by atoms with Crippen LogP contribution < -0.4 is 20.3 Å². The van der Waals surface area contributed by atoms with E-state index in [1.807, 2.05) is 48.5 Å². The molecule has 0 saturated heterocycles. The first-order valence-corrected chi connectivity index (χ1v) is 10.4. The third-order valence-electron chi connectivity index (χ3n) is 5.17. The van der Waals surface area contributed by atoms with Crippen LogP contribution in [-0.4, -0.2) is 34.3 Å². The van der Waals surface area contributed by atoms with Crippen LogP contribution >= 0.6 is 0 Å². The fraction of sp³-hybridized carbons (Fsp3) is 0.0800. The number of para-hydroxylation sites is 2. The number of hydrazine groups is 1. The molecule has 0 aliphatic carbocycles. The number of fused-ring (bicyclic) bond motifs is 1. The number of aromatic nitrogens is 2. The molecule has 1 atom stereocenters. The van der Waals surface area contributed by atoms with Gasteiger partial charge in [0.05, 0.1) is 17.6 Å². The van der Waals surface area contributed by atoms with Crippen molar-refractivity contribution >= 4 is 11.8 Å². The zero-order chi connectivity index (χ0) is 22.6. The molecule has 2 amide bonds. The normalized spacial score (nSPS) is 14.4. The van der Waals surface area contributed by atoms with Crippen LogP contribution in [0, 0.1) is 0 Å². The molecule has 8 nitrogen and oxygen atoms in total. The van der Waals surface area contributed by atoms with Crippen molar-refractivity contribution in [2.24, 2.45) is 0 Å². The fourth-order valence-electron chi connectivity index (χ4n) is 3.54. The molecule has 33 heavy (non-hydrogen) atoms. The quantitative estimate of drug-likeness (QED) is 0.476. The van der Waals surface area contributed by atoms with Crippen LogP contribution in [0.5, 0.6) is 11.5 Å². The average molecular weight is 440 g/mol. The van der Waals surface area contributed by atoms with E-state index in [1.165, 1.54) is 0 Å². The highest BCUT2D eigenvalue weighted by Crippen LogP contribution is 2.30. The monoisotopic (exact) mass is 440 g/mol. The Balaban J connectivity index is 1.26. The Hall–Kier alpha value is -4.59. The average Bonchev–Trinajstić information content (AvgIpc) is 3.37. The van der Waals surface area contributed by atoms with Crippen molar-refractivity contribution in [3.63, 3.8) is 0 Å². The van der Waals surface area contributed by atoms with Gasteiger partial charge in [0.15, 0.2) is 11.5 Å². The molecule has 0 bridgehead atoms. The van der Waals surface area contributed by atoms with Crippen LogP contribution in [-0.2, 0) is 4.79 Å². The molecule has 8 heteroatoms. The molecule has 2 N–H and O–H groups in total. The number of rotatable bonds is 4. The van der Waals surface area contributed by atoms with Crippen molar-refractivity contribution in [2.75, 3.05) is 6.61 Å². The summed E-state index contributed by atoms with van der Waals surface area (Å²) in [5.74, 6) is 0.0930. The van der Waals surface area contributed by atoms with E-state index in [0.29, 0.717) is 17.1 Å². The smallest absolute Gasteiger partial charge is 0.283 e. The molecule has 0 radical (unpaired) electrons. The number of ether oxygens (including phenoxy) is 2. The number of benzene rings is 3. The zero-order valence-corrected chi connectivity index (χ0v) is 17.5. The molecule has 2 heterocycles. The van der Waals surface area contributed by atoms with Gasteiger partial charge in [0, 0.05) is 11.1 Å². The van der Waals surface area contributed by atoms with Crippen molar-refractivity contribution in [1.29, 1.82) is 0 Å². The molecule has 3 aromatic carbocycles. The number of nitrogens with zero attached hydrogens (tertiary/aromatic N) is 2. The third-order valence-corrected chi connectivity index (χ3v) is 5.17. The summed E-state index contributed by atoms with van der Waals surface area (Å²) in [6, 6.07) is 25.9. The Labute approximate surface area is 189 Å². The predicted octanol–water partition coefficient (Wildman–Crippen LogP) is 3.14. The lowest BCUT2D eigenvalue weighted by Crippen LogP contribution is -2.50. The van der Waals surface area contributed by atoms with Crippen LogP contribution in [0.3, 0.4) is 0 Å². The minimum absolute atomic E-state index is 0.0514. The van der Waals surface area contributed by atoms with Gasteiger partial charge in [-0.3, -0.25) is 20.4 Å². The fourth-order valence-corrected chi connectivity index (χ4v) is 3.54. The van der Waals surface area contributed by atoms with Crippen molar-refractivity contribution in [2.45, 2.75) is 6.10 Å². The van der Waals surface area contributed by atoms with E-state index >= 15 is 0 Å². The van der Waals surface area contributed by atoms with Crippen molar-refractivity contribution < 1.29 is 19.1 Å². The predicted molar refractivity (Wildman–Crippen MR) is 121 cm³/mol. The highest BCUT2D eigenvalue weighted by molar-refractivity contribution is 5.96. The van der Waals surface area contributed by atoms with Gasteiger partial charge in [-0.05, 0) is 36.4 Å². The minimum Gasteiger partial charge on any atom is -0.485 e. The summed E-state index contributed by atoms with van der Waals surface area (Å²) in [4.78, 5) is 25.1. The van der Waals surface area contributed by atoms with Crippen molar-refractivity contribution in [3.8, 4) is 28.4 Å². The van der Waals surface area contributed by atoms with E-state index in [9.17, 15) is 9.59 Å². The van der Waals surface area contributed by atoms with Gasteiger partial charge in [-0.15, -0.1) is 0 Å². The number of hydrogen-bond acceptors (Lipinski definition) is 5. The van der Waals surface area contributed by atoms with Gasteiger partial charge in [-0.2, -0.15) is 5.10 Å². The molecule has 1 unspecified atom stereocenters. The van der Waals surface area contributed by atoms with Crippen LogP contribution in [0.1, 0.15) is 10.4 Å². The maximum atomic E-state index is 12.7. The number of amides is 2. The molecule has 0 fully saturated rings. The van der Waals surface area contributed by atoms with Gasteiger partial charge in [0.25, 0.3) is 11.8 Å². The Kier molecular flexibility index (Phi) is 5.47. The van der Waals surface area contributed by atoms with E-state index < -0.39 is 17.9 Å². The van der Waals surface area contributed by atoms with Crippen LogP contribution in [0.2, 0.25) is 0 Å². The first kappa shape index (κ1) is 20.3. The third kappa shape index (κ3) is 4.27. The molecule has 0 spiro atoms. The number of nitrogens with one attached hydrogen (secondary N) is 2. The van der Waals surface area contributed by atoms with E-state index in [-0.39, 0.29) is 6.61 Å². The summed E-state index contributed by atoms with van der Waals surface area (Å²) in [5.41, 5.74) is 7.84. The van der Waals surface area contributed by atoms with Gasteiger partial charge in [0.2, 0.25) is 6.10 Å². The second-order valence-electron chi connectivity index (χ2n) is 7.35. The van der Waals surface area contributed by atoms with Crippen LogP contribution in [0.25, 0.3) is 16.9 Å². The first-order chi connectivity index (χ1) is 16.2. The molecule has 0 saturated carbocycles. The highest BCUT2D eigenvalue weighted by atomic mass is 16.6. The molecule has 164 valence electrons. The van der Waals surface area contributed by atoms with Gasteiger partial charge < -0.3 is 9.47 Å². The van der Waals surface area contributed by atoms with Crippen LogP contribution in [0.15, 0.2) is 91.1 Å². The van der Waals surface area contributed by atoms with Gasteiger partial charge >= 0.3 is 0 Å². The van der Waals surface area contributed by atoms with Gasteiger partial charge in [-0.25, -0.2) is 4.68 Å². The number of carbonyl (C=O) groups is 2. The lowest BCUT2D eigenvalue weighted by atomic mass is 10.1. The molecule has 5 rings (SSSR count). The minimum atomic E-state index is -0.871. The summed E-state index contributed by atoms with van der Waals surface area (Å²) in [5, 5.41) is 4.40.